The molecule has 0 spiro atoms. The topological polar surface area (TPSA) is 85.3 Å². The number of carbonyl (C=O) groups is 2. The van der Waals surface area contributed by atoms with Gasteiger partial charge in [0.1, 0.15) is 11.5 Å². The van der Waals surface area contributed by atoms with Crippen molar-refractivity contribution in [3.8, 4) is 17.2 Å². The van der Waals surface area contributed by atoms with Gasteiger partial charge in [0.15, 0.2) is 11.5 Å². The van der Waals surface area contributed by atoms with E-state index in [1.54, 1.807) is 42.5 Å². The van der Waals surface area contributed by atoms with Crippen molar-refractivity contribution in [2.24, 2.45) is 0 Å². The molecule has 0 aromatic heterocycles. The van der Waals surface area contributed by atoms with Crippen LogP contribution in [0.5, 0.6) is 17.2 Å². The first-order chi connectivity index (χ1) is 18.0. The summed E-state index contributed by atoms with van der Waals surface area (Å²) in [7, 11) is 3.06. The molecule has 7 nitrogen and oxygen atoms in total. The number of methoxy groups -OCH3 is 2. The highest BCUT2D eigenvalue weighted by molar-refractivity contribution is 6.46. The second kappa shape index (κ2) is 11.6. The van der Waals surface area contributed by atoms with Crippen molar-refractivity contribution in [2.75, 3.05) is 27.4 Å². The molecule has 4 rings (SSSR count). The highest BCUT2D eigenvalue weighted by Gasteiger charge is 2.46. The Morgan fingerprint density at radius 2 is 1.68 bits per heavy atom. The van der Waals surface area contributed by atoms with Crippen molar-refractivity contribution < 1.29 is 28.9 Å². The van der Waals surface area contributed by atoms with Crippen molar-refractivity contribution in [3.05, 3.63) is 95.1 Å². The highest BCUT2D eigenvalue weighted by atomic mass is 16.5. The van der Waals surface area contributed by atoms with E-state index >= 15 is 0 Å². The minimum absolute atomic E-state index is 0.0259. The lowest BCUT2D eigenvalue weighted by atomic mass is 9.94. The number of amides is 1. The molecule has 37 heavy (non-hydrogen) atoms. The monoisotopic (exact) mass is 501 g/mol. The van der Waals surface area contributed by atoms with Gasteiger partial charge in [0.05, 0.1) is 32.4 Å². The zero-order valence-corrected chi connectivity index (χ0v) is 21.3. The number of benzene rings is 3. The Morgan fingerprint density at radius 1 is 0.919 bits per heavy atom. The Labute approximate surface area is 216 Å². The van der Waals surface area contributed by atoms with Crippen molar-refractivity contribution in [1.82, 2.24) is 4.90 Å². The third-order valence-electron chi connectivity index (χ3n) is 6.33. The number of nitrogens with zero attached hydrogens (tertiary/aromatic N) is 1. The third-order valence-corrected chi connectivity index (χ3v) is 6.33. The van der Waals surface area contributed by atoms with Crippen LogP contribution in [0.4, 0.5) is 0 Å². The molecular formula is C30H31NO6. The summed E-state index contributed by atoms with van der Waals surface area (Å²) in [5.74, 6) is -0.0769. The number of likely N-dealkylation sites (tertiary alicyclic amines) is 1. The Kier molecular flexibility index (Phi) is 8.13. The Morgan fingerprint density at radius 3 is 2.38 bits per heavy atom. The van der Waals surface area contributed by atoms with Crippen molar-refractivity contribution in [3.63, 3.8) is 0 Å². The summed E-state index contributed by atoms with van der Waals surface area (Å²) in [6, 6.07) is 21.1. The van der Waals surface area contributed by atoms with Gasteiger partial charge in [-0.1, -0.05) is 55.5 Å². The largest absolute Gasteiger partial charge is 0.507 e. The molecule has 1 unspecified atom stereocenters. The van der Waals surface area contributed by atoms with Crippen molar-refractivity contribution >= 4 is 17.4 Å². The molecule has 1 saturated heterocycles. The first kappa shape index (κ1) is 25.8. The van der Waals surface area contributed by atoms with Gasteiger partial charge >= 0.3 is 0 Å². The fourth-order valence-electron chi connectivity index (χ4n) is 4.48. The normalized spacial score (nSPS) is 16.6. The van der Waals surface area contributed by atoms with Crippen LogP contribution in [0, 0.1) is 0 Å². The zero-order chi connectivity index (χ0) is 26.4. The summed E-state index contributed by atoms with van der Waals surface area (Å²) in [5, 5.41) is 11.4. The molecular weight excluding hydrogens is 470 g/mol. The molecule has 0 aliphatic carbocycles. The lowest BCUT2D eigenvalue weighted by Gasteiger charge is -2.26. The number of aliphatic hydroxyl groups is 1. The summed E-state index contributed by atoms with van der Waals surface area (Å²) in [6.45, 7) is 2.83. The van der Waals surface area contributed by atoms with Gasteiger partial charge in [-0.3, -0.25) is 9.59 Å². The van der Waals surface area contributed by atoms with Crippen LogP contribution in [-0.2, 0) is 16.0 Å². The van der Waals surface area contributed by atoms with Gasteiger partial charge in [-0.2, -0.15) is 0 Å². The fraction of sp³-hybridized carbons (Fsp3) is 0.267. The number of aliphatic hydroxyl groups excluding tert-OH is 1. The molecule has 1 atom stereocenters. The molecule has 0 saturated carbocycles. The van der Waals surface area contributed by atoms with Crippen LogP contribution in [0.25, 0.3) is 5.76 Å². The first-order valence-corrected chi connectivity index (χ1v) is 12.3. The van der Waals surface area contributed by atoms with Crippen LogP contribution in [0.1, 0.15) is 36.1 Å². The highest BCUT2D eigenvalue weighted by Crippen LogP contribution is 2.42. The minimum Gasteiger partial charge on any atom is -0.507 e. The number of carbonyl (C=O) groups excluding carboxylic acids is 2. The average molecular weight is 502 g/mol. The van der Waals surface area contributed by atoms with Gasteiger partial charge in [-0.05, 0) is 48.2 Å². The summed E-state index contributed by atoms with van der Waals surface area (Å²) in [4.78, 5) is 28.2. The van der Waals surface area contributed by atoms with Gasteiger partial charge in [0.25, 0.3) is 11.7 Å². The lowest BCUT2D eigenvalue weighted by molar-refractivity contribution is -0.139. The molecule has 1 fully saturated rings. The average Bonchev–Trinajstić information content (AvgIpc) is 3.19. The minimum atomic E-state index is -0.802. The smallest absolute Gasteiger partial charge is 0.295 e. The van der Waals surface area contributed by atoms with Crippen LogP contribution >= 0.6 is 0 Å². The Bertz CT molecular complexity index is 1300. The van der Waals surface area contributed by atoms with E-state index in [0.29, 0.717) is 47.9 Å². The second-order valence-corrected chi connectivity index (χ2v) is 8.72. The molecule has 1 aliphatic heterocycles. The fourth-order valence-corrected chi connectivity index (χ4v) is 4.48. The van der Waals surface area contributed by atoms with Crippen molar-refractivity contribution in [1.29, 1.82) is 0 Å². The van der Waals surface area contributed by atoms with E-state index in [9.17, 15) is 14.7 Å². The molecule has 3 aromatic rings. The van der Waals surface area contributed by atoms with Crippen LogP contribution in [0.3, 0.4) is 0 Å². The maximum Gasteiger partial charge on any atom is 0.295 e. The Balaban J connectivity index is 1.81. The van der Waals surface area contributed by atoms with Gasteiger partial charge in [-0.15, -0.1) is 0 Å². The van der Waals surface area contributed by atoms with Crippen LogP contribution in [0.15, 0.2) is 78.4 Å². The number of hydrogen-bond acceptors (Lipinski definition) is 6. The van der Waals surface area contributed by atoms with Gasteiger partial charge in [0, 0.05) is 12.1 Å². The molecule has 192 valence electrons. The number of rotatable bonds is 10. The maximum absolute atomic E-state index is 13.4. The summed E-state index contributed by atoms with van der Waals surface area (Å²) in [5.41, 5.74) is 2.10. The number of ether oxygens (including phenoxy) is 3. The van der Waals surface area contributed by atoms with Crippen LogP contribution in [-0.4, -0.2) is 49.1 Å². The predicted octanol–water partition coefficient (Wildman–Crippen LogP) is 5.16. The Hall–Kier alpha value is -4.26. The van der Waals surface area contributed by atoms with E-state index in [1.165, 1.54) is 19.1 Å². The molecule has 1 aliphatic rings. The molecule has 0 radical (unpaired) electrons. The first-order valence-electron chi connectivity index (χ1n) is 12.3. The molecule has 3 aromatic carbocycles. The van der Waals surface area contributed by atoms with E-state index in [1.807, 2.05) is 37.3 Å². The lowest BCUT2D eigenvalue weighted by Crippen LogP contribution is -2.31. The number of hydrogen-bond donors (Lipinski definition) is 1. The quantitative estimate of drug-likeness (QED) is 0.235. The molecule has 1 amide bonds. The van der Waals surface area contributed by atoms with Gasteiger partial charge < -0.3 is 24.2 Å². The standard InChI is InChI=1S/C30H31NO6/c1-4-17-37-23-12-8-11-22(18-23)28(32)26-27(21-13-14-24(35-2)25(19-21)36-3)31(30(34)29(26)33)16-15-20-9-6-5-7-10-20/h5-14,18-19,27,32H,4,15-17H2,1-3H3/b28-26+. The van der Waals surface area contributed by atoms with Crippen molar-refractivity contribution in [2.45, 2.75) is 25.8 Å². The molecule has 0 bridgehead atoms. The molecule has 1 N–H and O–H groups in total. The molecule has 7 heteroatoms. The number of ketones is 1. The summed E-state index contributed by atoms with van der Waals surface area (Å²) in [6.07, 6.45) is 1.39. The summed E-state index contributed by atoms with van der Waals surface area (Å²) < 4.78 is 16.6. The third kappa shape index (κ3) is 5.45. The molecule has 1 heterocycles. The van der Waals surface area contributed by atoms with Crippen LogP contribution < -0.4 is 14.2 Å². The van der Waals surface area contributed by atoms with E-state index in [-0.39, 0.29) is 11.3 Å². The van der Waals surface area contributed by atoms with Gasteiger partial charge in [0.2, 0.25) is 0 Å². The second-order valence-electron chi connectivity index (χ2n) is 8.72. The van der Waals surface area contributed by atoms with E-state index in [0.717, 1.165) is 12.0 Å². The predicted molar refractivity (Wildman–Crippen MR) is 141 cm³/mol. The SMILES string of the molecule is CCCOc1cccc(/C(O)=C2\C(=O)C(=O)N(CCc3ccccc3)C2c2ccc(OC)c(OC)c2)c1. The zero-order valence-electron chi connectivity index (χ0n) is 21.3. The van der Waals surface area contributed by atoms with E-state index < -0.39 is 17.7 Å². The summed E-state index contributed by atoms with van der Waals surface area (Å²) >= 11 is 0. The van der Waals surface area contributed by atoms with Gasteiger partial charge in [-0.25, -0.2) is 0 Å². The number of Topliss-reactive ketones (excluding diaryl/α,β-unsaturated/α-hetero) is 1. The maximum atomic E-state index is 13.4. The van der Waals surface area contributed by atoms with E-state index in [2.05, 4.69) is 0 Å². The van der Waals surface area contributed by atoms with Crippen LogP contribution in [0.2, 0.25) is 0 Å². The van der Waals surface area contributed by atoms with E-state index in [4.69, 9.17) is 14.2 Å².